The number of amides is 1. The summed E-state index contributed by atoms with van der Waals surface area (Å²) in [5.41, 5.74) is 4.68. The van der Waals surface area contributed by atoms with Gasteiger partial charge in [0.05, 0.1) is 23.5 Å². The number of benzene rings is 1. The van der Waals surface area contributed by atoms with E-state index in [4.69, 9.17) is 0 Å². The van der Waals surface area contributed by atoms with Gasteiger partial charge in [0, 0.05) is 17.9 Å². The molecule has 0 radical (unpaired) electrons. The van der Waals surface area contributed by atoms with Gasteiger partial charge in [-0.3, -0.25) is 9.78 Å². The molecule has 0 aliphatic rings. The second-order valence-electron chi connectivity index (χ2n) is 6.22. The lowest BCUT2D eigenvalue weighted by Gasteiger charge is -2.13. The van der Waals surface area contributed by atoms with Crippen molar-refractivity contribution in [2.75, 3.05) is 31.3 Å². The van der Waals surface area contributed by atoms with E-state index in [0.717, 1.165) is 28.3 Å². The lowest BCUT2D eigenvalue weighted by molar-refractivity contribution is -0.116. The number of nitrogens with zero attached hydrogens (tertiary/aromatic N) is 3. The Bertz CT molecular complexity index is 808. The van der Waals surface area contributed by atoms with E-state index in [1.165, 1.54) is 0 Å². The normalized spacial score (nSPS) is 10.4. The summed E-state index contributed by atoms with van der Waals surface area (Å²) in [6.07, 6.45) is 0. The number of aromatic nitrogens is 1. The van der Waals surface area contributed by atoms with Crippen LogP contribution in [0, 0.1) is 25.2 Å². The van der Waals surface area contributed by atoms with E-state index in [9.17, 15) is 10.1 Å². The molecule has 25 heavy (non-hydrogen) atoms. The zero-order valence-corrected chi connectivity index (χ0v) is 15.1. The number of nitrogens with one attached hydrogen (secondary N) is 2. The second-order valence-corrected chi connectivity index (χ2v) is 6.22. The van der Waals surface area contributed by atoms with Gasteiger partial charge in [0.15, 0.2) is 0 Å². The van der Waals surface area contributed by atoms with E-state index in [1.807, 2.05) is 63.2 Å². The predicted molar refractivity (Wildman–Crippen MR) is 99.4 cm³/mol. The van der Waals surface area contributed by atoms with Crippen LogP contribution in [0.4, 0.5) is 11.4 Å². The molecule has 6 heteroatoms. The van der Waals surface area contributed by atoms with Crippen molar-refractivity contribution in [1.82, 2.24) is 9.88 Å². The van der Waals surface area contributed by atoms with Crippen molar-refractivity contribution in [3.63, 3.8) is 0 Å². The summed E-state index contributed by atoms with van der Waals surface area (Å²) in [5, 5.41) is 15.5. The van der Waals surface area contributed by atoms with E-state index >= 15 is 0 Å². The molecule has 2 aromatic rings. The van der Waals surface area contributed by atoms with Gasteiger partial charge in [-0.05, 0) is 51.7 Å². The molecule has 1 aromatic carbocycles. The van der Waals surface area contributed by atoms with Crippen molar-refractivity contribution in [3.05, 3.63) is 52.8 Å². The predicted octanol–water partition coefficient (Wildman–Crippen LogP) is 2.68. The summed E-state index contributed by atoms with van der Waals surface area (Å²) in [4.78, 5) is 18.0. The third kappa shape index (κ3) is 5.30. The molecular formula is C19H23N5O. The molecule has 0 bridgehead atoms. The van der Waals surface area contributed by atoms with Crippen molar-refractivity contribution >= 4 is 17.3 Å². The van der Waals surface area contributed by atoms with E-state index < -0.39 is 0 Å². The summed E-state index contributed by atoms with van der Waals surface area (Å²) >= 11 is 0. The van der Waals surface area contributed by atoms with Gasteiger partial charge >= 0.3 is 0 Å². The molecule has 0 saturated heterocycles. The molecule has 0 atom stereocenters. The molecular weight excluding hydrogens is 314 g/mol. The third-order valence-corrected chi connectivity index (χ3v) is 3.59. The maximum absolute atomic E-state index is 11.9. The number of carbonyl (C=O) groups excluding carboxylic acids is 1. The van der Waals surface area contributed by atoms with Crippen LogP contribution in [-0.4, -0.2) is 36.4 Å². The molecule has 1 amide bonds. The zero-order valence-electron chi connectivity index (χ0n) is 15.1. The molecule has 6 nitrogen and oxygen atoms in total. The smallest absolute Gasteiger partial charge is 0.238 e. The Labute approximate surface area is 148 Å². The van der Waals surface area contributed by atoms with Gasteiger partial charge in [-0.1, -0.05) is 12.1 Å². The molecule has 1 aromatic heterocycles. The minimum Gasteiger partial charge on any atom is -0.380 e. The number of nitriles is 1. The van der Waals surface area contributed by atoms with E-state index in [-0.39, 0.29) is 5.91 Å². The molecule has 0 spiro atoms. The first-order valence-electron chi connectivity index (χ1n) is 8.04. The third-order valence-electron chi connectivity index (χ3n) is 3.59. The number of rotatable bonds is 6. The molecule has 2 rings (SSSR count). The number of hydrogen-bond donors (Lipinski definition) is 2. The fourth-order valence-electron chi connectivity index (χ4n) is 2.55. The first-order valence-corrected chi connectivity index (χ1v) is 8.04. The molecule has 2 N–H and O–H groups in total. The zero-order chi connectivity index (χ0) is 18.4. The monoisotopic (exact) mass is 337 g/mol. The maximum Gasteiger partial charge on any atom is 0.238 e. The highest BCUT2D eigenvalue weighted by molar-refractivity contribution is 5.92. The van der Waals surface area contributed by atoms with Crippen molar-refractivity contribution in [2.24, 2.45) is 0 Å². The van der Waals surface area contributed by atoms with Crippen LogP contribution in [0.2, 0.25) is 0 Å². The van der Waals surface area contributed by atoms with Crippen LogP contribution in [0.1, 0.15) is 22.5 Å². The Morgan fingerprint density at radius 3 is 2.72 bits per heavy atom. The van der Waals surface area contributed by atoms with Gasteiger partial charge in [0.25, 0.3) is 0 Å². The first kappa shape index (κ1) is 18.4. The van der Waals surface area contributed by atoms with Gasteiger partial charge in [0.1, 0.15) is 6.07 Å². The molecule has 0 aliphatic heterocycles. The van der Waals surface area contributed by atoms with Crippen LogP contribution in [0.5, 0.6) is 0 Å². The second kappa shape index (κ2) is 8.27. The molecule has 130 valence electrons. The molecule has 0 fully saturated rings. The van der Waals surface area contributed by atoms with Gasteiger partial charge in [0.2, 0.25) is 5.91 Å². The molecule has 0 saturated carbocycles. The van der Waals surface area contributed by atoms with Gasteiger partial charge in [-0.2, -0.15) is 5.26 Å². The average molecular weight is 337 g/mol. The minimum atomic E-state index is -0.0535. The fourth-order valence-corrected chi connectivity index (χ4v) is 2.55. The van der Waals surface area contributed by atoms with Crippen molar-refractivity contribution in [2.45, 2.75) is 20.4 Å². The van der Waals surface area contributed by atoms with Gasteiger partial charge in [-0.15, -0.1) is 0 Å². The topological polar surface area (TPSA) is 81.0 Å². The highest BCUT2D eigenvalue weighted by atomic mass is 16.2. The maximum atomic E-state index is 11.9. The Balaban J connectivity index is 2.09. The van der Waals surface area contributed by atoms with Gasteiger partial charge < -0.3 is 15.5 Å². The lowest BCUT2D eigenvalue weighted by Crippen LogP contribution is -2.27. The quantitative estimate of drug-likeness (QED) is 0.847. The Morgan fingerprint density at radius 2 is 2.04 bits per heavy atom. The number of anilines is 2. The van der Waals surface area contributed by atoms with Gasteiger partial charge in [-0.25, -0.2) is 0 Å². The number of hydrogen-bond acceptors (Lipinski definition) is 5. The highest BCUT2D eigenvalue weighted by Crippen LogP contribution is 2.20. The standard InChI is InChI=1S/C19H23N5O/c1-13-8-18(17(10-20)14(2)22-13)21-11-15-6-5-7-16(9-15)23-19(25)12-24(3)4/h5-9H,11-12H2,1-4H3,(H,21,22)(H,23,25). The van der Waals surface area contributed by atoms with Crippen molar-refractivity contribution in [3.8, 4) is 6.07 Å². The Morgan fingerprint density at radius 1 is 1.28 bits per heavy atom. The van der Waals surface area contributed by atoms with Crippen LogP contribution in [0.15, 0.2) is 30.3 Å². The Kier molecular flexibility index (Phi) is 6.09. The number of aryl methyl sites for hydroxylation is 2. The number of carbonyl (C=O) groups is 1. The number of likely N-dealkylation sites (N-methyl/N-ethyl adjacent to an activating group) is 1. The fraction of sp³-hybridized carbons (Fsp3) is 0.316. The molecule has 0 aliphatic carbocycles. The van der Waals surface area contributed by atoms with Crippen LogP contribution >= 0.6 is 0 Å². The van der Waals surface area contributed by atoms with E-state index in [2.05, 4.69) is 21.7 Å². The highest BCUT2D eigenvalue weighted by Gasteiger charge is 2.08. The Hall–Kier alpha value is -2.91. The molecule has 0 unspecified atom stereocenters. The van der Waals surface area contributed by atoms with E-state index in [1.54, 1.807) is 0 Å². The minimum absolute atomic E-state index is 0.0535. The SMILES string of the molecule is Cc1cc(NCc2cccc(NC(=O)CN(C)C)c2)c(C#N)c(C)n1. The summed E-state index contributed by atoms with van der Waals surface area (Å²) in [6, 6.07) is 11.7. The molecule has 1 heterocycles. The van der Waals surface area contributed by atoms with Crippen molar-refractivity contribution < 1.29 is 4.79 Å². The van der Waals surface area contributed by atoms with Crippen LogP contribution in [0.3, 0.4) is 0 Å². The van der Waals surface area contributed by atoms with Crippen LogP contribution in [0.25, 0.3) is 0 Å². The van der Waals surface area contributed by atoms with E-state index in [0.29, 0.717) is 18.7 Å². The number of pyridine rings is 1. The van der Waals surface area contributed by atoms with Crippen molar-refractivity contribution in [1.29, 1.82) is 5.26 Å². The summed E-state index contributed by atoms with van der Waals surface area (Å²) in [6.45, 7) is 4.62. The van der Waals surface area contributed by atoms with Crippen LogP contribution in [-0.2, 0) is 11.3 Å². The summed E-state index contributed by atoms with van der Waals surface area (Å²) < 4.78 is 0. The summed E-state index contributed by atoms with van der Waals surface area (Å²) in [5.74, 6) is -0.0535. The lowest BCUT2D eigenvalue weighted by atomic mass is 10.1. The largest absolute Gasteiger partial charge is 0.380 e. The average Bonchev–Trinajstić information content (AvgIpc) is 2.52. The first-order chi connectivity index (χ1) is 11.9. The summed E-state index contributed by atoms with van der Waals surface area (Å²) in [7, 11) is 3.71. The van der Waals surface area contributed by atoms with Crippen LogP contribution < -0.4 is 10.6 Å².